The van der Waals surface area contributed by atoms with Gasteiger partial charge in [0.15, 0.2) is 16.6 Å². The molecule has 2 atom stereocenters. The molecule has 210 valence electrons. The molecule has 2 aromatic carbocycles. The SMILES string of the molecule is COc1ccccc1NC(=O)CCN1C(=S)N[C@H](c2ccccn2)[C@@H]1c1cc(C)n(-c2ccc3c(c2)OCO3)c1C. The Bertz CT molecular complexity index is 1610. The second-order valence-corrected chi connectivity index (χ2v) is 10.4. The third kappa shape index (κ3) is 5.06. The van der Waals surface area contributed by atoms with Gasteiger partial charge < -0.3 is 34.3 Å². The van der Waals surface area contributed by atoms with E-state index in [1.165, 1.54) is 0 Å². The Morgan fingerprint density at radius 1 is 1.10 bits per heavy atom. The van der Waals surface area contributed by atoms with E-state index < -0.39 is 0 Å². The molecular weight excluding hydrogens is 538 g/mol. The number of aryl methyl sites for hydroxylation is 1. The van der Waals surface area contributed by atoms with Gasteiger partial charge in [0.1, 0.15) is 5.75 Å². The van der Waals surface area contributed by atoms with E-state index in [4.69, 9.17) is 26.4 Å². The summed E-state index contributed by atoms with van der Waals surface area (Å²) >= 11 is 5.84. The normalized spacial score (nSPS) is 17.4. The number of hydrogen-bond acceptors (Lipinski definition) is 6. The Morgan fingerprint density at radius 3 is 2.71 bits per heavy atom. The summed E-state index contributed by atoms with van der Waals surface area (Å²) in [6.07, 6.45) is 2.03. The molecular formula is C31H31N5O4S. The number of thiocarbonyl (C=S) groups is 1. The summed E-state index contributed by atoms with van der Waals surface area (Å²) in [6.45, 7) is 4.84. The minimum Gasteiger partial charge on any atom is -0.495 e. The first-order valence-corrected chi connectivity index (χ1v) is 13.8. The van der Waals surface area contributed by atoms with Crippen LogP contribution in [0.1, 0.15) is 41.1 Å². The zero-order valence-electron chi connectivity index (χ0n) is 23.1. The fourth-order valence-electron chi connectivity index (χ4n) is 5.68. The van der Waals surface area contributed by atoms with E-state index in [9.17, 15) is 4.79 Å². The van der Waals surface area contributed by atoms with Crippen LogP contribution in [0.3, 0.4) is 0 Å². The van der Waals surface area contributed by atoms with Gasteiger partial charge in [-0.05, 0) is 74.1 Å². The highest BCUT2D eigenvalue weighted by Gasteiger charge is 2.41. The molecule has 1 saturated heterocycles. The van der Waals surface area contributed by atoms with Crippen LogP contribution in [0.2, 0.25) is 0 Å². The lowest BCUT2D eigenvalue weighted by atomic mass is 9.96. The number of amides is 1. The number of nitrogens with zero attached hydrogens (tertiary/aromatic N) is 3. The van der Waals surface area contributed by atoms with Crippen LogP contribution >= 0.6 is 12.2 Å². The first kappa shape index (κ1) is 26.6. The number of methoxy groups -OCH3 is 1. The van der Waals surface area contributed by atoms with Crippen molar-refractivity contribution in [2.45, 2.75) is 32.4 Å². The van der Waals surface area contributed by atoms with E-state index in [1.54, 1.807) is 13.3 Å². The van der Waals surface area contributed by atoms with E-state index in [0.29, 0.717) is 23.1 Å². The van der Waals surface area contributed by atoms with Crippen LogP contribution in [0.4, 0.5) is 5.69 Å². The first-order valence-electron chi connectivity index (χ1n) is 13.4. The molecule has 0 saturated carbocycles. The van der Waals surface area contributed by atoms with Crippen molar-refractivity contribution in [1.82, 2.24) is 19.8 Å². The summed E-state index contributed by atoms with van der Waals surface area (Å²) in [7, 11) is 1.59. The highest BCUT2D eigenvalue weighted by Crippen LogP contribution is 2.42. The van der Waals surface area contributed by atoms with Gasteiger partial charge in [-0.15, -0.1) is 0 Å². The number of hydrogen-bond donors (Lipinski definition) is 2. The second-order valence-electron chi connectivity index (χ2n) is 10.0. The highest BCUT2D eigenvalue weighted by molar-refractivity contribution is 7.80. The molecule has 0 radical (unpaired) electrons. The van der Waals surface area contributed by atoms with E-state index in [2.05, 4.69) is 45.0 Å². The molecule has 1 fully saturated rings. The molecule has 6 rings (SSSR count). The fraction of sp³-hybridized carbons (Fsp3) is 0.258. The molecule has 4 aromatic rings. The number of anilines is 1. The Kier molecular flexibility index (Phi) is 7.23. The van der Waals surface area contributed by atoms with Crippen molar-refractivity contribution in [3.63, 3.8) is 0 Å². The van der Waals surface area contributed by atoms with E-state index in [0.717, 1.165) is 39.8 Å². The molecule has 4 heterocycles. The summed E-state index contributed by atoms with van der Waals surface area (Å²) < 4.78 is 18.7. The standard InChI is InChI=1S/C31H31N5O4S/c1-19-16-22(20(2)36(19)21-11-12-26-27(17-21)40-18-39-26)30-29(24-9-6-7-14-32-24)34-31(41)35(30)15-13-28(37)33-23-8-4-5-10-25(23)38-3/h4-12,14,16-17,29-30H,13,15,18H2,1-3H3,(H,33,37)(H,34,41)/t29-,30+/m1/s1. The van der Waals surface area contributed by atoms with Gasteiger partial charge in [-0.2, -0.15) is 0 Å². The Hall–Kier alpha value is -4.57. The van der Waals surface area contributed by atoms with Crippen LogP contribution < -0.4 is 24.8 Å². The molecule has 9 nitrogen and oxygen atoms in total. The number of nitrogens with one attached hydrogen (secondary N) is 2. The minimum absolute atomic E-state index is 0.122. The molecule has 0 aliphatic carbocycles. The number of pyridine rings is 1. The van der Waals surface area contributed by atoms with Crippen molar-refractivity contribution in [3.8, 4) is 22.9 Å². The molecule has 2 aliphatic rings. The Labute approximate surface area is 244 Å². The number of rotatable bonds is 8. The highest BCUT2D eigenvalue weighted by atomic mass is 32.1. The average Bonchev–Trinajstić information content (AvgIpc) is 3.67. The van der Waals surface area contributed by atoms with Crippen LogP contribution in [0.5, 0.6) is 17.2 Å². The zero-order valence-corrected chi connectivity index (χ0v) is 23.9. The van der Waals surface area contributed by atoms with Gasteiger partial charge in [-0.3, -0.25) is 9.78 Å². The number of carbonyl (C=O) groups is 1. The average molecular weight is 570 g/mol. The first-order chi connectivity index (χ1) is 19.9. The number of carbonyl (C=O) groups excluding carboxylic acids is 1. The third-order valence-electron chi connectivity index (χ3n) is 7.56. The molecule has 10 heteroatoms. The molecule has 41 heavy (non-hydrogen) atoms. The van der Waals surface area contributed by atoms with Gasteiger partial charge in [0.2, 0.25) is 12.7 Å². The molecule has 0 unspecified atom stereocenters. The summed E-state index contributed by atoms with van der Waals surface area (Å²) in [4.78, 5) is 19.8. The smallest absolute Gasteiger partial charge is 0.231 e. The van der Waals surface area contributed by atoms with Crippen molar-refractivity contribution < 1.29 is 19.0 Å². The largest absolute Gasteiger partial charge is 0.495 e. The lowest BCUT2D eigenvalue weighted by Crippen LogP contribution is -2.33. The van der Waals surface area contributed by atoms with E-state index in [-0.39, 0.29) is 31.2 Å². The molecule has 2 aromatic heterocycles. The van der Waals surface area contributed by atoms with Gasteiger partial charge in [0.05, 0.1) is 30.6 Å². The van der Waals surface area contributed by atoms with Crippen LogP contribution in [-0.2, 0) is 4.79 Å². The second kappa shape index (κ2) is 11.1. The maximum absolute atomic E-state index is 13.0. The van der Waals surface area contributed by atoms with E-state index in [1.807, 2.05) is 60.7 Å². The molecule has 0 spiro atoms. The number of benzene rings is 2. The predicted octanol–water partition coefficient (Wildman–Crippen LogP) is 5.23. The number of aromatic nitrogens is 2. The number of para-hydroxylation sites is 2. The minimum atomic E-state index is -0.188. The monoisotopic (exact) mass is 569 g/mol. The summed E-state index contributed by atoms with van der Waals surface area (Å²) in [5.74, 6) is 1.97. The van der Waals surface area contributed by atoms with Crippen molar-refractivity contribution >= 4 is 28.9 Å². The Morgan fingerprint density at radius 2 is 1.90 bits per heavy atom. The topological polar surface area (TPSA) is 89.9 Å². The maximum atomic E-state index is 13.0. The summed E-state index contributed by atoms with van der Waals surface area (Å²) in [5, 5.41) is 7.05. The number of ether oxygens (including phenoxy) is 3. The lowest BCUT2D eigenvalue weighted by molar-refractivity contribution is -0.116. The van der Waals surface area contributed by atoms with Crippen LogP contribution in [-0.4, -0.2) is 45.9 Å². The molecule has 1 amide bonds. The van der Waals surface area contributed by atoms with Crippen molar-refractivity contribution in [2.24, 2.45) is 0 Å². The molecule has 2 aliphatic heterocycles. The van der Waals surface area contributed by atoms with Gasteiger partial charge in [0, 0.05) is 42.3 Å². The molecule has 2 N–H and O–H groups in total. The predicted molar refractivity (Wildman–Crippen MR) is 160 cm³/mol. The van der Waals surface area contributed by atoms with Crippen molar-refractivity contribution in [3.05, 3.63) is 95.6 Å². The number of fused-ring (bicyclic) bond motifs is 1. The Balaban J connectivity index is 1.32. The third-order valence-corrected chi connectivity index (χ3v) is 7.91. The van der Waals surface area contributed by atoms with Gasteiger partial charge >= 0.3 is 0 Å². The van der Waals surface area contributed by atoms with Crippen molar-refractivity contribution in [2.75, 3.05) is 25.8 Å². The maximum Gasteiger partial charge on any atom is 0.231 e. The fourth-order valence-corrected chi connectivity index (χ4v) is 6.01. The summed E-state index contributed by atoms with van der Waals surface area (Å²) in [6, 6.07) is 21.0. The molecule has 0 bridgehead atoms. The quantitative estimate of drug-likeness (QED) is 0.279. The zero-order chi connectivity index (χ0) is 28.5. The van der Waals surface area contributed by atoms with E-state index >= 15 is 0 Å². The van der Waals surface area contributed by atoms with Crippen LogP contribution in [0.15, 0.2) is 72.9 Å². The van der Waals surface area contributed by atoms with Gasteiger partial charge in [-0.1, -0.05) is 18.2 Å². The van der Waals surface area contributed by atoms with Crippen LogP contribution in [0.25, 0.3) is 5.69 Å². The lowest BCUT2D eigenvalue weighted by Gasteiger charge is -2.28. The van der Waals surface area contributed by atoms with Gasteiger partial charge in [0.25, 0.3) is 0 Å². The van der Waals surface area contributed by atoms with Gasteiger partial charge in [-0.25, -0.2) is 0 Å². The van der Waals surface area contributed by atoms with Crippen LogP contribution in [0, 0.1) is 13.8 Å². The van der Waals surface area contributed by atoms with Crippen molar-refractivity contribution in [1.29, 1.82) is 0 Å². The summed E-state index contributed by atoms with van der Waals surface area (Å²) in [5.41, 5.74) is 5.76.